The fourth-order valence-corrected chi connectivity index (χ4v) is 3.99. The molecule has 0 bridgehead atoms. The first-order valence-corrected chi connectivity index (χ1v) is 11.3. The number of piperidine rings is 1. The molecule has 0 spiro atoms. The fourth-order valence-electron chi connectivity index (χ4n) is 3.99. The van der Waals surface area contributed by atoms with Gasteiger partial charge in [0.25, 0.3) is 11.8 Å². The van der Waals surface area contributed by atoms with Gasteiger partial charge in [0, 0.05) is 42.4 Å². The highest BCUT2D eigenvalue weighted by Gasteiger charge is 2.27. The number of carbonyl (C=O) groups is 3. The molecule has 3 aromatic rings. The summed E-state index contributed by atoms with van der Waals surface area (Å²) in [6.45, 7) is 1.48. The second kappa shape index (κ2) is 10.7. The zero-order valence-corrected chi connectivity index (χ0v) is 18.7. The average molecular weight is 460 g/mol. The number of carbonyl (C=O) groups excluding carboxylic acids is 3. The summed E-state index contributed by atoms with van der Waals surface area (Å²) in [6, 6.07) is 21.7. The van der Waals surface area contributed by atoms with Gasteiger partial charge < -0.3 is 15.5 Å². The Morgan fingerprint density at radius 3 is 2.26 bits per heavy atom. The summed E-state index contributed by atoms with van der Waals surface area (Å²) in [5, 5.41) is 5.72. The molecule has 0 radical (unpaired) electrons. The average Bonchev–Trinajstić information content (AvgIpc) is 2.88. The molecule has 7 heteroatoms. The molecule has 0 aliphatic carbocycles. The maximum atomic E-state index is 13.1. The predicted molar refractivity (Wildman–Crippen MR) is 128 cm³/mol. The first kappa shape index (κ1) is 23.2. The van der Waals surface area contributed by atoms with E-state index in [0.29, 0.717) is 49.3 Å². The molecule has 1 fully saturated rings. The molecule has 4 rings (SSSR count). The van der Waals surface area contributed by atoms with Gasteiger partial charge in [-0.1, -0.05) is 36.4 Å². The van der Waals surface area contributed by atoms with E-state index in [1.54, 1.807) is 29.2 Å². The molecule has 2 N–H and O–H groups in total. The normalized spacial score (nSPS) is 13.9. The molecule has 6 nitrogen and oxygen atoms in total. The molecule has 34 heavy (non-hydrogen) atoms. The van der Waals surface area contributed by atoms with Crippen molar-refractivity contribution in [3.05, 3.63) is 101 Å². The molecule has 0 unspecified atom stereocenters. The van der Waals surface area contributed by atoms with Crippen LogP contribution in [0.1, 0.15) is 39.1 Å². The summed E-state index contributed by atoms with van der Waals surface area (Å²) < 4.78 is 13.1. The van der Waals surface area contributed by atoms with Gasteiger partial charge in [0.1, 0.15) is 5.82 Å². The van der Waals surface area contributed by atoms with Crippen molar-refractivity contribution in [2.45, 2.75) is 19.4 Å². The van der Waals surface area contributed by atoms with Crippen LogP contribution in [0.5, 0.6) is 0 Å². The highest BCUT2D eigenvalue weighted by Crippen LogP contribution is 2.21. The molecule has 1 aliphatic rings. The van der Waals surface area contributed by atoms with Gasteiger partial charge >= 0.3 is 0 Å². The van der Waals surface area contributed by atoms with Crippen LogP contribution in [0.15, 0.2) is 78.9 Å². The largest absolute Gasteiger partial charge is 0.352 e. The van der Waals surface area contributed by atoms with E-state index in [2.05, 4.69) is 10.6 Å². The van der Waals surface area contributed by atoms with E-state index >= 15 is 0 Å². The Morgan fingerprint density at radius 2 is 1.56 bits per heavy atom. The number of hydrogen-bond acceptors (Lipinski definition) is 3. The second-order valence-corrected chi connectivity index (χ2v) is 8.31. The lowest BCUT2D eigenvalue weighted by molar-refractivity contribution is -0.126. The Morgan fingerprint density at radius 1 is 0.853 bits per heavy atom. The number of nitrogens with one attached hydrogen (secondary N) is 2. The third-order valence-electron chi connectivity index (χ3n) is 5.94. The molecule has 0 aromatic heterocycles. The SMILES string of the molecule is O=C(Nc1cccc(C(=O)N2CCC(C(=O)NCc3ccccc3)CC2)c1)c1ccc(F)cc1. The first-order chi connectivity index (χ1) is 16.5. The lowest BCUT2D eigenvalue weighted by Gasteiger charge is -2.31. The minimum Gasteiger partial charge on any atom is -0.352 e. The Hall–Kier alpha value is -4.00. The molecule has 1 aliphatic heterocycles. The number of benzene rings is 3. The summed E-state index contributed by atoms with van der Waals surface area (Å²) in [5.41, 5.74) is 2.32. The van der Waals surface area contributed by atoms with Gasteiger partial charge in [0.2, 0.25) is 5.91 Å². The van der Waals surface area contributed by atoms with E-state index in [0.717, 1.165) is 5.56 Å². The van der Waals surface area contributed by atoms with Gasteiger partial charge in [-0.05, 0) is 60.9 Å². The van der Waals surface area contributed by atoms with Crippen LogP contribution < -0.4 is 10.6 Å². The molecule has 174 valence electrons. The van der Waals surface area contributed by atoms with E-state index in [9.17, 15) is 18.8 Å². The fraction of sp³-hybridized carbons (Fsp3) is 0.222. The monoisotopic (exact) mass is 459 g/mol. The van der Waals surface area contributed by atoms with Crippen LogP contribution >= 0.6 is 0 Å². The van der Waals surface area contributed by atoms with Gasteiger partial charge in [0.05, 0.1) is 0 Å². The molecule has 0 saturated carbocycles. The van der Waals surface area contributed by atoms with Crippen LogP contribution in [0.3, 0.4) is 0 Å². The zero-order chi connectivity index (χ0) is 23.9. The Labute approximate surface area is 197 Å². The third kappa shape index (κ3) is 5.86. The minimum absolute atomic E-state index is 0.0152. The summed E-state index contributed by atoms with van der Waals surface area (Å²) >= 11 is 0. The molecular formula is C27H26FN3O3. The van der Waals surface area contributed by atoms with E-state index in [1.165, 1.54) is 24.3 Å². The minimum atomic E-state index is -0.415. The van der Waals surface area contributed by atoms with Crippen molar-refractivity contribution in [1.82, 2.24) is 10.2 Å². The van der Waals surface area contributed by atoms with E-state index in [-0.39, 0.29) is 23.6 Å². The quantitative estimate of drug-likeness (QED) is 0.579. The number of hydrogen-bond donors (Lipinski definition) is 2. The summed E-state index contributed by atoms with van der Waals surface area (Å²) in [4.78, 5) is 39.7. The van der Waals surface area contributed by atoms with Gasteiger partial charge in [-0.3, -0.25) is 14.4 Å². The van der Waals surface area contributed by atoms with Gasteiger partial charge in [-0.15, -0.1) is 0 Å². The van der Waals surface area contributed by atoms with E-state index < -0.39 is 5.82 Å². The van der Waals surface area contributed by atoms with Gasteiger partial charge in [0.15, 0.2) is 0 Å². The Kier molecular flexibility index (Phi) is 7.32. The van der Waals surface area contributed by atoms with Crippen LogP contribution in [-0.2, 0) is 11.3 Å². The summed E-state index contributed by atoms with van der Waals surface area (Å²) in [7, 11) is 0. The standard InChI is InChI=1S/C27H26FN3O3/c28-23-11-9-20(10-12-23)26(33)30-24-8-4-7-22(17-24)27(34)31-15-13-21(14-16-31)25(32)29-18-19-5-2-1-3-6-19/h1-12,17,21H,13-16,18H2,(H,29,32)(H,30,33). The molecule has 1 saturated heterocycles. The summed E-state index contributed by atoms with van der Waals surface area (Å²) in [6.07, 6.45) is 1.21. The maximum absolute atomic E-state index is 13.1. The predicted octanol–water partition coefficient (Wildman–Crippen LogP) is 4.25. The molecule has 0 atom stereocenters. The number of anilines is 1. The van der Waals surface area contributed by atoms with Crippen LogP contribution in [0, 0.1) is 11.7 Å². The zero-order valence-electron chi connectivity index (χ0n) is 18.7. The van der Waals surface area contributed by atoms with Crippen LogP contribution in [0.25, 0.3) is 0 Å². The van der Waals surface area contributed by atoms with Gasteiger partial charge in [-0.25, -0.2) is 4.39 Å². The van der Waals surface area contributed by atoms with Crippen molar-refractivity contribution >= 4 is 23.4 Å². The lowest BCUT2D eigenvalue weighted by Crippen LogP contribution is -2.42. The van der Waals surface area contributed by atoms with Crippen LogP contribution in [-0.4, -0.2) is 35.7 Å². The first-order valence-electron chi connectivity index (χ1n) is 11.3. The highest BCUT2D eigenvalue weighted by molar-refractivity contribution is 6.05. The topological polar surface area (TPSA) is 78.5 Å². The van der Waals surface area contributed by atoms with Crippen molar-refractivity contribution in [3.8, 4) is 0 Å². The Bertz CT molecular complexity index is 1160. The van der Waals surface area contributed by atoms with Crippen molar-refractivity contribution in [3.63, 3.8) is 0 Å². The van der Waals surface area contributed by atoms with Crippen molar-refractivity contribution < 1.29 is 18.8 Å². The number of likely N-dealkylation sites (tertiary alicyclic amines) is 1. The maximum Gasteiger partial charge on any atom is 0.255 e. The highest BCUT2D eigenvalue weighted by atomic mass is 19.1. The number of rotatable bonds is 6. The van der Waals surface area contributed by atoms with E-state index in [4.69, 9.17) is 0 Å². The second-order valence-electron chi connectivity index (χ2n) is 8.31. The molecular weight excluding hydrogens is 433 g/mol. The van der Waals surface area contributed by atoms with Crippen LogP contribution in [0.2, 0.25) is 0 Å². The van der Waals surface area contributed by atoms with Crippen molar-refractivity contribution in [1.29, 1.82) is 0 Å². The number of nitrogens with zero attached hydrogens (tertiary/aromatic N) is 1. The lowest BCUT2D eigenvalue weighted by atomic mass is 9.95. The van der Waals surface area contributed by atoms with Crippen molar-refractivity contribution in [2.24, 2.45) is 5.92 Å². The number of amides is 3. The smallest absolute Gasteiger partial charge is 0.255 e. The third-order valence-corrected chi connectivity index (χ3v) is 5.94. The number of halogens is 1. The van der Waals surface area contributed by atoms with Gasteiger partial charge in [-0.2, -0.15) is 0 Å². The molecule has 1 heterocycles. The summed E-state index contributed by atoms with van der Waals surface area (Å²) in [5.74, 6) is -1.04. The Balaban J connectivity index is 1.30. The molecule has 3 aromatic carbocycles. The van der Waals surface area contributed by atoms with E-state index in [1.807, 2.05) is 30.3 Å². The van der Waals surface area contributed by atoms with Crippen LogP contribution in [0.4, 0.5) is 10.1 Å². The molecule has 3 amide bonds. The van der Waals surface area contributed by atoms with Crippen molar-refractivity contribution in [2.75, 3.05) is 18.4 Å².